The van der Waals surface area contributed by atoms with Gasteiger partial charge in [0, 0.05) is 0 Å². The Balaban J connectivity index is 0.00000160. The molecule has 0 aliphatic heterocycles. The van der Waals surface area contributed by atoms with E-state index in [4.69, 9.17) is 3.32 Å². The van der Waals surface area contributed by atoms with Crippen LogP contribution in [0.3, 0.4) is 0 Å². The standard InChI is InChI=1S/C19H19.C7H7O.2ClH.Ti/c1-12-13(2)15(4)19(14(12)3)18-10-9-16-7-5-6-8-17(16)11-18;8-6-7-4-2-1-3-5-7;;;/h5-10,14H,1-4H3;1-5H,6H2;2*1H;/q;-1;;;+3/p-2. The van der Waals surface area contributed by atoms with E-state index in [1.807, 2.05) is 0 Å². The Labute approximate surface area is 201 Å². The maximum atomic E-state index is 6.33. The first-order valence-electron chi connectivity index (χ1n) is 9.90. The first-order valence-corrected chi connectivity index (χ1v) is 11.3. The molecule has 3 aromatic rings. The van der Waals surface area contributed by atoms with Gasteiger partial charge in [-0.3, -0.25) is 0 Å². The summed E-state index contributed by atoms with van der Waals surface area (Å²) in [5, 5.41) is 2.65. The van der Waals surface area contributed by atoms with E-state index in [1.54, 1.807) is 0 Å². The number of fused-ring (bicyclic) bond motifs is 1. The van der Waals surface area contributed by atoms with E-state index in [0.29, 0.717) is 12.5 Å². The van der Waals surface area contributed by atoms with Crippen LogP contribution in [0.1, 0.15) is 38.8 Å². The third-order valence-electron chi connectivity index (χ3n) is 6.12. The van der Waals surface area contributed by atoms with Gasteiger partial charge in [-0.2, -0.15) is 0 Å². The number of allylic oxidation sites excluding steroid dienone is 4. The first-order chi connectivity index (χ1) is 13.6. The van der Waals surface area contributed by atoms with E-state index in [-0.39, 0.29) is 24.8 Å². The Hall–Kier alpha value is -1.35. The molecular weight excluding hydrogens is 447 g/mol. The molecule has 1 aliphatic rings. The minimum absolute atomic E-state index is 0. The van der Waals surface area contributed by atoms with Crippen molar-refractivity contribution in [2.75, 3.05) is 0 Å². The maximum absolute atomic E-state index is 6.33. The van der Waals surface area contributed by atoms with Crippen LogP contribution < -0.4 is 28.7 Å². The second-order valence-corrected chi connectivity index (χ2v) is 9.20. The zero-order valence-electron chi connectivity index (χ0n) is 17.8. The van der Waals surface area contributed by atoms with Gasteiger partial charge >= 0.3 is 178 Å². The molecule has 154 valence electrons. The van der Waals surface area contributed by atoms with Gasteiger partial charge in [-0.1, -0.05) is 0 Å². The molecule has 0 N–H and O–H groups in total. The molecule has 1 atom stereocenters. The number of hydrogen-bond acceptors (Lipinski definition) is 1. The van der Waals surface area contributed by atoms with Crippen molar-refractivity contribution >= 4 is 20.2 Å². The van der Waals surface area contributed by atoms with Crippen LogP contribution in [0.4, 0.5) is 0 Å². The maximum Gasteiger partial charge on any atom is -1.00 e. The van der Waals surface area contributed by atoms with Crippen molar-refractivity contribution in [1.29, 1.82) is 0 Å². The Bertz CT molecular complexity index is 1090. The Morgan fingerprint density at radius 3 is 2.13 bits per heavy atom. The van der Waals surface area contributed by atoms with Gasteiger partial charge in [0.1, 0.15) is 0 Å². The van der Waals surface area contributed by atoms with Gasteiger partial charge in [-0.25, -0.2) is 0 Å². The molecule has 4 rings (SSSR count). The SMILES string of the molecule is CC1=C(C)C(C)C(c2ccc3ccccc3[c]2[Ti+2][O]Cc2ccccc2)=C1C.[Cl-].[Cl-]. The second kappa shape index (κ2) is 10.8. The topological polar surface area (TPSA) is 9.23 Å². The van der Waals surface area contributed by atoms with Crippen LogP contribution in [0.5, 0.6) is 0 Å². The minimum Gasteiger partial charge on any atom is -1.00 e. The van der Waals surface area contributed by atoms with E-state index >= 15 is 0 Å². The van der Waals surface area contributed by atoms with Crippen molar-refractivity contribution in [3.63, 3.8) is 0 Å². The number of halogens is 2. The largest absolute Gasteiger partial charge is 1.00 e. The third-order valence-corrected chi connectivity index (χ3v) is 7.73. The van der Waals surface area contributed by atoms with Crippen LogP contribution in [0.15, 0.2) is 83.4 Å². The van der Waals surface area contributed by atoms with Crippen molar-refractivity contribution in [2.45, 2.75) is 34.3 Å². The van der Waals surface area contributed by atoms with Crippen molar-refractivity contribution in [1.82, 2.24) is 0 Å². The quantitative estimate of drug-likeness (QED) is 0.490. The summed E-state index contributed by atoms with van der Waals surface area (Å²) in [6.07, 6.45) is 0. The number of rotatable bonds is 5. The fraction of sp³-hybridized carbons (Fsp3) is 0.231. The van der Waals surface area contributed by atoms with Crippen LogP contribution in [0, 0.1) is 5.92 Å². The zero-order valence-corrected chi connectivity index (χ0v) is 20.9. The van der Waals surface area contributed by atoms with Gasteiger partial charge in [0.05, 0.1) is 0 Å². The van der Waals surface area contributed by atoms with Gasteiger partial charge in [-0.15, -0.1) is 0 Å². The van der Waals surface area contributed by atoms with Crippen molar-refractivity contribution in [2.24, 2.45) is 5.92 Å². The van der Waals surface area contributed by atoms with E-state index < -0.39 is 19.5 Å². The number of hydrogen-bond donors (Lipinski definition) is 0. The molecule has 0 amide bonds. The third kappa shape index (κ3) is 4.77. The average molecular weight is 473 g/mol. The van der Waals surface area contributed by atoms with Gasteiger partial charge < -0.3 is 24.8 Å². The summed E-state index contributed by atoms with van der Waals surface area (Å²) in [5.41, 5.74) is 8.52. The average Bonchev–Trinajstić information content (AvgIpc) is 2.92. The molecule has 0 saturated heterocycles. The summed E-state index contributed by atoms with van der Waals surface area (Å²) in [6.45, 7) is 9.85. The van der Waals surface area contributed by atoms with Crippen molar-refractivity contribution < 1.29 is 47.7 Å². The molecule has 30 heavy (non-hydrogen) atoms. The van der Waals surface area contributed by atoms with Gasteiger partial charge in [0.2, 0.25) is 0 Å². The second-order valence-electron chi connectivity index (χ2n) is 7.65. The van der Waals surface area contributed by atoms with Crippen molar-refractivity contribution in [3.8, 4) is 0 Å². The molecule has 1 nitrogen and oxygen atoms in total. The fourth-order valence-corrected chi connectivity index (χ4v) is 5.81. The minimum atomic E-state index is -0.723. The fourth-order valence-electron chi connectivity index (χ4n) is 4.17. The van der Waals surface area contributed by atoms with E-state index in [0.717, 1.165) is 0 Å². The summed E-state index contributed by atoms with van der Waals surface area (Å²) < 4.78 is 7.76. The molecule has 0 fully saturated rings. The molecule has 0 spiro atoms. The van der Waals surface area contributed by atoms with Gasteiger partial charge in [0.15, 0.2) is 0 Å². The molecule has 1 aliphatic carbocycles. The van der Waals surface area contributed by atoms with E-state index in [9.17, 15) is 0 Å². The molecule has 0 heterocycles. The first kappa shape index (κ1) is 24.9. The Morgan fingerprint density at radius 2 is 1.47 bits per heavy atom. The van der Waals surface area contributed by atoms with E-state index in [1.165, 1.54) is 48.1 Å². The molecule has 1 unspecified atom stereocenters. The van der Waals surface area contributed by atoms with Crippen LogP contribution in [0.2, 0.25) is 0 Å². The van der Waals surface area contributed by atoms with Crippen LogP contribution in [0.25, 0.3) is 16.3 Å². The van der Waals surface area contributed by atoms with Gasteiger partial charge in [-0.05, 0) is 0 Å². The summed E-state index contributed by atoms with van der Waals surface area (Å²) >= 11 is -0.723. The molecular formula is C26H26Cl2OTi. The number of benzene rings is 3. The summed E-state index contributed by atoms with van der Waals surface area (Å²) in [7, 11) is 0. The molecule has 0 radical (unpaired) electrons. The molecule has 3 aromatic carbocycles. The normalized spacial score (nSPS) is 15.7. The predicted molar refractivity (Wildman–Crippen MR) is 115 cm³/mol. The molecule has 0 saturated carbocycles. The van der Waals surface area contributed by atoms with E-state index in [2.05, 4.69) is 94.4 Å². The van der Waals surface area contributed by atoms with Gasteiger partial charge in [0.25, 0.3) is 0 Å². The molecule has 0 aromatic heterocycles. The van der Waals surface area contributed by atoms with Crippen LogP contribution in [-0.2, 0) is 29.5 Å². The van der Waals surface area contributed by atoms with Crippen LogP contribution >= 0.6 is 0 Å². The summed E-state index contributed by atoms with van der Waals surface area (Å²) in [6, 6.07) is 23.8. The van der Waals surface area contributed by atoms with Crippen molar-refractivity contribution in [3.05, 3.63) is 94.6 Å². The summed E-state index contributed by atoms with van der Waals surface area (Å²) in [5.74, 6) is 0.473. The Morgan fingerprint density at radius 1 is 0.800 bits per heavy atom. The smallest absolute Gasteiger partial charge is 1.00 e. The zero-order chi connectivity index (χ0) is 19.7. The predicted octanol–water partition coefficient (Wildman–Crippen LogP) is 0.447. The Kier molecular flexibility index (Phi) is 8.97. The molecule has 4 heteroatoms. The monoisotopic (exact) mass is 472 g/mol. The van der Waals surface area contributed by atoms with Crippen LogP contribution in [-0.4, -0.2) is 0 Å². The molecule has 0 bridgehead atoms. The summed E-state index contributed by atoms with van der Waals surface area (Å²) in [4.78, 5) is 0.